The Bertz CT molecular complexity index is 941. The maximum absolute atomic E-state index is 4.55. The zero-order chi connectivity index (χ0) is 17.4. The van der Waals surface area contributed by atoms with Gasteiger partial charge in [0.15, 0.2) is 0 Å². The van der Waals surface area contributed by atoms with E-state index in [9.17, 15) is 0 Å². The zero-order valence-corrected chi connectivity index (χ0v) is 15.5. The minimum Gasteiger partial charge on any atom is -0.318 e. The fraction of sp³-hybridized carbons (Fsp3) is 0.190. The van der Waals surface area contributed by atoms with E-state index in [0.717, 1.165) is 10.6 Å². The van der Waals surface area contributed by atoms with E-state index in [1.807, 2.05) is 6.07 Å². The number of aromatic nitrogens is 1. The summed E-state index contributed by atoms with van der Waals surface area (Å²) in [4.78, 5) is 0. The average molecular weight is 347 g/mol. The van der Waals surface area contributed by atoms with Crippen LogP contribution in [0.2, 0.25) is 0 Å². The van der Waals surface area contributed by atoms with Gasteiger partial charge in [-0.15, -0.1) is 0 Å². The quantitative estimate of drug-likeness (QED) is 0.714. The van der Waals surface area contributed by atoms with E-state index in [2.05, 4.69) is 90.5 Å². The Morgan fingerprint density at radius 1 is 0.960 bits per heavy atom. The monoisotopic (exact) mass is 347 g/mol. The predicted octanol–water partition coefficient (Wildman–Crippen LogP) is 5.10. The van der Waals surface area contributed by atoms with Crippen molar-refractivity contribution in [3.05, 3.63) is 88.7 Å². The molecule has 1 atom stereocenters. The molecule has 4 heteroatoms. The topological polar surface area (TPSA) is 29.3 Å². The molecule has 0 bridgehead atoms. The Labute approximate surface area is 152 Å². The third kappa shape index (κ3) is 2.98. The van der Waals surface area contributed by atoms with E-state index in [-0.39, 0.29) is 5.37 Å². The van der Waals surface area contributed by atoms with Gasteiger partial charge >= 0.3 is 0 Å². The molecule has 25 heavy (non-hydrogen) atoms. The first-order chi connectivity index (χ1) is 12.1. The number of thioether (sulfide) groups is 1. The number of rotatable bonds is 3. The second-order valence-electron chi connectivity index (χ2n) is 6.41. The molecule has 0 amide bonds. The first-order valence-corrected chi connectivity index (χ1v) is 9.32. The molecule has 2 aromatic carbocycles. The molecule has 3 nitrogen and oxygen atoms in total. The molecule has 1 N–H and O–H groups in total. The SMILES string of the molecule is Cc1cccc(-n2c(C)cc([C@H]3NN=C(c4ccccc4)S3)c2C)c1. The van der Waals surface area contributed by atoms with E-state index in [4.69, 9.17) is 0 Å². The van der Waals surface area contributed by atoms with E-state index in [1.54, 1.807) is 11.8 Å². The smallest absolute Gasteiger partial charge is 0.126 e. The van der Waals surface area contributed by atoms with Crippen LogP contribution in [0.5, 0.6) is 0 Å². The molecule has 0 radical (unpaired) electrons. The summed E-state index contributed by atoms with van der Waals surface area (Å²) in [6.07, 6.45) is 0. The summed E-state index contributed by atoms with van der Waals surface area (Å²) in [6, 6.07) is 21.2. The summed E-state index contributed by atoms with van der Waals surface area (Å²) in [6.45, 7) is 6.48. The largest absolute Gasteiger partial charge is 0.318 e. The maximum atomic E-state index is 4.55. The lowest BCUT2D eigenvalue weighted by Gasteiger charge is -2.13. The molecule has 0 aliphatic carbocycles. The number of benzene rings is 2. The first kappa shape index (κ1) is 16.0. The lowest BCUT2D eigenvalue weighted by Crippen LogP contribution is -2.08. The fourth-order valence-electron chi connectivity index (χ4n) is 3.35. The van der Waals surface area contributed by atoms with Gasteiger partial charge < -0.3 is 4.57 Å². The summed E-state index contributed by atoms with van der Waals surface area (Å²) < 4.78 is 2.32. The van der Waals surface area contributed by atoms with E-state index in [1.165, 1.54) is 28.2 Å². The van der Waals surface area contributed by atoms with Crippen LogP contribution in [0.4, 0.5) is 0 Å². The van der Waals surface area contributed by atoms with Gasteiger partial charge in [-0.25, -0.2) is 0 Å². The zero-order valence-electron chi connectivity index (χ0n) is 14.7. The molecule has 0 spiro atoms. The number of hydrogen-bond acceptors (Lipinski definition) is 3. The first-order valence-electron chi connectivity index (χ1n) is 8.44. The molecule has 3 aromatic rings. The predicted molar refractivity (Wildman–Crippen MR) is 106 cm³/mol. The van der Waals surface area contributed by atoms with Crippen molar-refractivity contribution in [1.82, 2.24) is 9.99 Å². The molecule has 4 rings (SSSR count). The summed E-state index contributed by atoms with van der Waals surface area (Å²) in [7, 11) is 0. The molecule has 1 aromatic heterocycles. The van der Waals surface area contributed by atoms with Crippen molar-refractivity contribution in [3.8, 4) is 5.69 Å². The molecule has 0 saturated heterocycles. The van der Waals surface area contributed by atoms with Crippen molar-refractivity contribution in [1.29, 1.82) is 0 Å². The standard InChI is InChI=1S/C21H21N3S/c1-14-8-7-11-18(12-14)24-15(2)13-19(16(24)3)21-23-22-20(25-21)17-9-5-4-6-10-17/h4-13,21,23H,1-3H3/t21-/m0/s1. The van der Waals surface area contributed by atoms with Crippen molar-refractivity contribution >= 4 is 16.8 Å². The van der Waals surface area contributed by atoms with Gasteiger partial charge in [0.2, 0.25) is 0 Å². The van der Waals surface area contributed by atoms with Gasteiger partial charge in [0.05, 0.1) is 0 Å². The van der Waals surface area contributed by atoms with Crippen LogP contribution >= 0.6 is 11.8 Å². The minimum absolute atomic E-state index is 0.153. The van der Waals surface area contributed by atoms with Gasteiger partial charge in [-0.05, 0) is 44.5 Å². The third-order valence-corrected chi connectivity index (χ3v) is 5.69. The van der Waals surface area contributed by atoms with Crippen LogP contribution in [-0.4, -0.2) is 9.61 Å². The van der Waals surface area contributed by atoms with Gasteiger partial charge in [0, 0.05) is 28.2 Å². The highest BCUT2D eigenvalue weighted by Gasteiger charge is 2.26. The Morgan fingerprint density at radius 2 is 1.76 bits per heavy atom. The Hall–Kier alpha value is -2.46. The van der Waals surface area contributed by atoms with E-state index in [0.29, 0.717) is 0 Å². The van der Waals surface area contributed by atoms with Gasteiger partial charge in [0.1, 0.15) is 10.4 Å². The second kappa shape index (κ2) is 6.45. The molecular weight excluding hydrogens is 326 g/mol. The van der Waals surface area contributed by atoms with Crippen molar-refractivity contribution in [2.45, 2.75) is 26.1 Å². The van der Waals surface area contributed by atoms with Crippen LogP contribution in [0.3, 0.4) is 0 Å². The van der Waals surface area contributed by atoms with Crippen LogP contribution in [0, 0.1) is 20.8 Å². The van der Waals surface area contributed by atoms with Gasteiger partial charge in [-0.1, -0.05) is 54.2 Å². The van der Waals surface area contributed by atoms with Gasteiger partial charge in [-0.3, -0.25) is 5.43 Å². The molecule has 0 saturated carbocycles. The van der Waals surface area contributed by atoms with Crippen LogP contribution in [-0.2, 0) is 0 Å². The van der Waals surface area contributed by atoms with Crippen molar-refractivity contribution in [2.24, 2.45) is 5.10 Å². The van der Waals surface area contributed by atoms with E-state index < -0.39 is 0 Å². The lowest BCUT2D eigenvalue weighted by atomic mass is 10.2. The van der Waals surface area contributed by atoms with Gasteiger partial charge in [0.25, 0.3) is 0 Å². The van der Waals surface area contributed by atoms with E-state index >= 15 is 0 Å². The fourth-order valence-corrected chi connectivity index (χ4v) is 4.42. The number of hydrogen-bond donors (Lipinski definition) is 1. The highest BCUT2D eigenvalue weighted by Crippen LogP contribution is 2.37. The molecule has 126 valence electrons. The maximum Gasteiger partial charge on any atom is 0.126 e. The number of nitrogens with zero attached hydrogens (tertiary/aromatic N) is 2. The summed E-state index contributed by atoms with van der Waals surface area (Å²) >= 11 is 1.78. The lowest BCUT2D eigenvalue weighted by molar-refractivity contribution is 0.737. The van der Waals surface area contributed by atoms with Crippen LogP contribution < -0.4 is 5.43 Å². The highest BCUT2D eigenvalue weighted by molar-refractivity contribution is 8.14. The average Bonchev–Trinajstić information content (AvgIpc) is 3.20. The Balaban J connectivity index is 1.64. The summed E-state index contributed by atoms with van der Waals surface area (Å²) in [5.41, 5.74) is 10.8. The summed E-state index contributed by atoms with van der Waals surface area (Å²) in [5.74, 6) is 0. The Morgan fingerprint density at radius 3 is 2.52 bits per heavy atom. The number of nitrogens with one attached hydrogen (secondary N) is 1. The molecule has 1 aliphatic heterocycles. The Kier molecular flexibility index (Phi) is 4.14. The molecular formula is C21H21N3S. The second-order valence-corrected chi connectivity index (χ2v) is 7.50. The normalized spacial score (nSPS) is 16.6. The third-order valence-electron chi connectivity index (χ3n) is 4.55. The molecule has 0 fully saturated rings. The van der Waals surface area contributed by atoms with Crippen LogP contribution in [0.15, 0.2) is 65.8 Å². The molecule has 1 aliphatic rings. The van der Waals surface area contributed by atoms with Crippen LogP contribution in [0.1, 0.15) is 33.5 Å². The van der Waals surface area contributed by atoms with Gasteiger partial charge in [-0.2, -0.15) is 5.10 Å². The van der Waals surface area contributed by atoms with Crippen molar-refractivity contribution in [2.75, 3.05) is 0 Å². The molecule has 0 unspecified atom stereocenters. The number of hydrazone groups is 1. The minimum atomic E-state index is 0.153. The highest BCUT2D eigenvalue weighted by atomic mass is 32.2. The number of aryl methyl sites for hydroxylation is 2. The van der Waals surface area contributed by atoms with Crippen molar-refractivity contribution in [3.63, 3.8) is 0 Å². The van der Waals surface area contributed by atoms with Crippen LogP contribution in [0.25, 0.3) is 5.69 Å². The van der Waals surface area contributed by atoms with Crippen molar-refractivity contribution < 1.29 is 0 Å². The molecule has 2 heterocycles. The summed E-state index contributed by atoms with van der Waals surface area (Å²) in [5, 5.41) is 5.75.